The van der Waals surface area contributed by atoms with Crippen LogP contribution in [-0.2, 0) is 5.54 Å². The van der Waals surface area contributed by atoms with Crippen molar-refractivity contribution in [2.45, 2.75) is 24.3 Å². The second kappa shape index (κ2) is 4.61. The van der Waals surface area contributed by atoms with Gasteiger partial charge in [-0.2, -0.15) is 0 Å². The predicted octanol–water partition coefficient (Wildman–Crippen LogP) is 2.27. The monoisotopic (exact) mass is 249 g/mol. The third-order valence-corrected chi connectivity index (χ3v) is 4.19. The zero-order valence-electron chi connectivity index (χ0n) is 10.6. The molecule has 17 heavy (non-hydrogen) atoms. The minimum Gasteiger partial charge on any atom is -0.370 e. The van der Waals surface area contributed by atoms with Gasteiger partial charge in [-0.05, 0) is 37.8 Å². The third-order valence-electron chi connectivity index (χ3n) is 3.45. The van der Waals surface area contributed by atoms with Gasteiger partial charge in [0.05, 0.1) is 12.1 Å². The summed E-state index contributed by atoms with van der Waals surface area (Å²) in [6.07, 6.45) is 2.09. The van der Waals surface area contributed by atoms with Gasteiger partial charge in [0.1, 0.15) is 0 Å². The van der Waals surface area contributed by atoms with Crippen LogP contribution in [-0.4, -0.2) is 30.2 Å². The van der Waals surface area contributed by atoms with E-state index < -0.39 is 0 Å². The van der Waals surface area contributed by atoms with Crippen LogP contribution in [0, 0.1) is 0 Å². The zero-order valence-corrected chi connectivity index (χ0v) is 11.4. The molecule has 0 aliphatic carbocycles. The molecule has 0 aromatic heterocycles. The molecule has 1 aliphatic heterocycles. The van der Waals surface area contributed by atoms with Gasteiger partial charge >= 0.3 is 0 Å². The summed E-state index contributed by atoms with van der Waals surface area (Å²) in [6.45, 7) is 5.94. The fourth-order valence-electron chi connectivity index (χ4n) is 2.37. The van der Waals surface area contributed by atoms with E-state index in [0.717, 1.165) is 13.1 Å². The molecule has 0 amide bonds. The van der Waals surface area contributed by atoms with Gasteiger partial charge in [-0.15, -0.1) is 11.8 Å². The second-order valence-corrected chi connectivity index (χ2v) is 5.30. The summed E-state index contributed by atoms with van der Waals surface area (Å²) >= 11 is 1.76. The largest absolute Gasteiger partial charge is 0.370 e. The highest BCUT2D eigenvalue weighted by Crippen LogP contribution is 2.33. The fraction of sp³-hybridized carbons (Fsp3) is 0.462. The normalized spacial score (nSPS) is 23.9. The van der Waals surface area contributed by atoms with Crippen molar-refractivity contribution in [2.75, 3.05) is 19.3 Å². The Bertz CT molecular complexity index is 427. The summed E-state index contributed by atoms with van der Waals surface area (Å²) in [5, 5.41) is 0. The van der Waals surface area contributed by atoms with E-state index in [1.807, 2.05) is 0 Å². The van der Waals surface area contributed by atoms with Crippen molar-refractivity contribution in [2.24, 2.45) is 10.7 Å². The average Bonchev–Trinajstić information content (AvgIpc) is 2.66. The zero-order chi connectivity index (χ0) is 12.5. The van der Waals surface area contributed by atoms with Crippen molar-refractivity contribution >= 4 is 17.7 Å². The van der Waals surface area contributed by atoms with E-state index in [0.29, 0.717) is 5.96 Å². The van der Waals surface area contributed by atoms with Gasteiger partial charge in [0.25, 0.3) is 0 Å². The Labute approximate surface area is 107 Å². The number of nitrogens with zero attached hydrogens (tertiary/aromatic N) is 2. The predicted molar refractivity (Wildman–Crippen MR) is 74.4 cm³/mol. The molecule has 0 saturated heterocycles. The highest BCUT2D eigenvalue weighted by atomic mass is 32.2. The Morgan fingerprint density at radius 3 is 2.59 bits per heavy atom. The van der Waals surface area contributed by atoms with Crippen molar-refractivity contribution in [1.82, 2.24) is 4.90 Å². The van der Waals surface area contributed by atoms with Gasteiger partial charge in [0.15, 0.2) is 5.96 Å². The third kappa shape index (κ3) is 2.02. The number of nitrogens with two attached hydrogens (primary N) is 1. The first-order valence-corrected chi connectivity index (χ1v) is 7.06. The maximum absolute atomic E-state index is 5.93. The molecule has 1 atom stereocenters. The SMILES string of the molecule is CCN1C(N)=NCC1(C)c1ccc(SC)cc1. The van der Waals surface area contributed by atoms with Crippen LogP contribution in [0.5, 0.6) is 0 Å². The van der Waals surface area contributed by atoms with Crippen LogP contribution in [0.15, 0.2) is 34.2 Å². The molecule has 1 unspecified atom stereocenters. The van der Waals surface area contributed by atoms with Crippen molar-refractivity contribution in [3.63, 3.8) is 0 Å². The number of guanidine groups is 1. The Balaban J connectivity index is 2.32. The van der Waals surface area contributed by atoms with Gasteiger partial charge in [0, 0.05) is 11.4 Å². The van der Waals surface area contributed by atoms with Crippen LogP contribution in [0.1, 0.15) is 19.4 Å². The lowest BCUT2D eigenvalue weighted by Gasteiger charge is -2.36. The Kier molecular flexibility index (Phi) is 3.33. The summed E-state index contributed by atoms with van der Waals surface area (Å²) < 4.78 is 0. The summed E-state index contributed by atoms with van der Waals surface area (Å²) in [7, 11) is 0. The summed E-state index contributed by atoms with van der Waals surface area (Å²) in [4.78, 5) is 7.83. The first-order valence-electron chi connectivity index (χ1n) is 5.84. The highest BCUT2D eigenvalue weighted by molar-refractivity contribution is 7.98. The number of aliphatic imine (C=N–C) groups is 1. The number of hydrogen-bond acceptors (Lipinski definition) is 4. The topological polar surface area (TPSA) is 41.6 Å². The standard InChI is InChI=1S/C13H19N3S/c1-4-16-12(14)15-9-13(16,2)10-5-7-11(17-3)8-6-10/h5-8H,4,9H2,1-3H3,(H2,14,15). The van der Waals surface area contributed by atoms with E-state index in [1.54, 1.807) is 11.8 Å². The van der Waals surface area contributed by atoms with Crippen molar-refractivity contribution in [3.05, 3.63) is 29.8 Å². The van der Waals surface area contributed by atoms with E-state index >= 15 is 0 Å². The van der Waals surface area contributed by atoms with E-state index in [1.165, 1.54) is 10.5 Å². The van der Waals surface area contributed by atoms with E-state index in [9.17, 15) is 0 Å². The summed E-state index contributed by atoms with van der Waals surface area (Å²) in [5.74, 6) is 0.656. The maximum atomic E-state index is 5.93. The summed E-state index contributed by atoms with van der Waals surface area (Å²) in [5.41, 5.74) is 7.12. The van der Waals surface area contributed by atoms with E-state index in [4.69, 9.17) is 5.73 Å². The molecule has 1 aromatic rings. The molecule has 0 bridgehead atoms. The van der Waals surface area contributed by atoms with Gasteiger partial charge in [-0.3, -0.25) is 4.99 Å². The molecule has 0 radical (unpaired) electrons. The Morgan fingerprint density at radius 1 is 1.41 bits per heavy atom. The van der Waals surface area contributed by atoms with Gasteiger partial charge in [-0.1, -0.05) is 12.1 Å². The molecule has 1 heterocycles. The number of hydrogen-bond donors (Lipinski definition) is 1. The van der Waals surface area contributed by atoms with Crippen molar-refractivity contribution in [3.8, 4) is 0 Å². The van der Waals surface area contributed by atoms with Crippen molar-refractivity contribution in [1.29, 1.82) is 0 Å². The molecule has 0 fully saturated rings. The van der Waals surface area contributed by atoms with Gasteiger partial charge in [0.2, 0.25) is 0 Å². The second-order valence-electron chi connectivity index (χ2n) is 4.42. The molecule has 2 rings (SSSR count). The number of likely N-dealkylation sites (N-methyl/N-ethyl adjacent to an activating group) is 1. The minimum atomic E-state index is -0.0875. The number of rotatable bonds is 3. The average molecular weight is 249 g/mol. The van der Waals surface area contributed by atoms with Gasteiger partial charge < -0.3 is 10.6 Å². The van der Waals surface area contributed by atoms with Gasteiger partial charge in [-0.25, -0.2) is 0 Å². The smallest absolute Gasteiger partial charge is 0.192 e. The van der Waals surface area contributed by atoms with Crippen LogP contribution >= 0.6 is 11.8 Å². The van der Waals surface area contributed by atoms with Crippen molar-refractivity contribution < 1.29 is 0 Å². The molecule has 1 aromatic carbocycles. The highest BCUT2D eigenvalue weighted by Gasteiger charge is 2.38. The first kappa shape index (κ1) is 12.3. The quantitative estimate of drug-likeness (QED) is 0.836. The van der Waals surface area contributed by atoms with E-state index in [2.05, 4.69) is 54.3 Å². The first-order chi connectivity index (χ1) is 8.11. The fourth-order valence-corrected chi connectivity index (χ4v) is 2.77. The van der Waals surface area contributed by atoms with Crippen LogP contribution in [0.3, 0.4) is 0 Å². The molecule has 2 N–H and O–H groups in total. The molecule has 92 valence electrons. The maximum Gasteiger partial charge on any atom is 0.192 e. The van der Waals surface area contributed by atoms with Crippen LogP contribution in [0.4, 0.5) is 0 Å². The van der Waals surface area contributed by atoms with Crippen LogP contribution in [0.25, 0.3) is 0 Å². The van der Waals surface area contributed by atoms with Crippen LogP contribution < -0.4 is 5.73 Å². The Hall–Kier alpha value is -1.16. The number of benzene rings is 1. The Morgan fingerprint density at radius 2 is 2.06 bits per heavy atom. The molecular formula is C13H19N3S. The molecule has 0 saturated carbocycles. The molecule has 4 heteroatoms. The minimum absolute atomic E-state index is 0.0875. The number of thioether (sulfide) groups is 1. The molecule has 3 nitrogen and oxygen atoms in total. The molecular weight excluding hydrogens is 230 g/mol. The van der Waals surface area contributed by atoms with E-state index in [-0.39, 0.29) is 5.54 Å². The van der Waals surface area contributed by atoms with Crippen LogP contribution in [0.2, 0.25) is 0 Å². The molecule has 1 aliphatic rings. The lowest BCUT2D eigenvalue weighted by Crippen LogP contribution is -2.47. The lowest BCUT2D eigenvalue weighted by atomic mass is 9.91. The summed E-state index contributed by atoms with van der Waals surface area (Å²) in [6, 6.07) is 8.69. The lowest BCUT2D eigenvalue weighted by molar-refractivity contribution is 0.235. The molecule has 0 spiro atoms.